The van der Waals surface area contributed by atoms with Crippen molar-refractivity contribution >= 4 is 21.5 Å². The third-order valence-electron chi connectivity index (χ3n) is 6.07. The fraction of sp³-hybridized carbons (Fsp3) is 0.231. The van der Waals surface area contributed by atoms with Crippen LogP contribution in [0.25, 0.3) is 21.5 Å². The van der Waals surface area contributed by atoms with E-state index in [0.29, 0.717) is 13.2 Å². The largest absolute Gasteiger partial charge is 0.493 e. The van der Waals surface area contributed by atoms with Gasteiger partial charge in [0.2, 0.25) is 0 Å². The molecule has 0 saturated carbocycles. The predicted molar refractivity (Wildman–Crippen MR) is 126 cm³/mol. The van der Waals surface area contributed by atoms with E-state index in [1.54, 1.807) is 0 Å². The molecule has 0 unspecified atom stereocenters. The highest BCUT2D eigenvalue weighted by molar-refractivity contribution is 5.85. The maximum Gasteiger partial charge on any atom is 0.119 e. The van der Waals surface area contributed by atoms with Crippen LogP contribution in [0.5, 0.6) is 11.5 Å². The number of hydrogen-bond acceptors (Lipinski definition) is 6. The smallest absolute Gasteiger partial charge is 0.119 e. The van der Waals surface area contributed by atoms with Crippen molar-refractivity contribution in [3.63, 3.8) is 0 Å². The standard InChI is InChI=1S/C26H26N4O2/c1(11-32-24-9-7-18-13-22(26-29-30-26)5-3-20(18)15-24)10-31-23-8-6-17-12-21(25-27-16-28-25)4-2-19(17)14-23/h2-9,12-15,25-30H,1,10-11,16H2. The summed E-state index contributed by atoms with van der Waals surface area (Å²) in [6.45, 7) is 2.12. The Bertz CT molecular complexity index is 1270. The SMILES string of the molecule is c1cc2cc(C3NCN3)ccc2cc1OCCCOc1ccc2cc(C3NN3)ccc2c1. The second-order valence-corrected chi connectivity index (χ2v) is 8.33. The van der Waals surface area contributed by atoms with Crippen LogP contribution in [0, 0.1) is 0 Å². The van der Waals surface area contributed by atoms with E-state index < -0.39 is 0 Å². The molecule has 0 aliphatic carbocycles. The Labute approximate surface area is 186 Å². The molecule has 2 fully saturated rings. The third-order valence-corrected chi connectivity index (χ3v) is 6.07. The number of benzene rings is 4. The fourth-order valence-electron chi connectivity index (χ4n) is 4.11. The van der Waals surface area contributed by atoms with Gasteiger partial charge in [-0.3, -0.25) is 10.6 Å². The van der Waals surface area contributed by atoms with Gasteiger partial charge in [0.1, 0.15) is 17.7 Å². The zero-order chi connectivity index (χ0) is 21.3. The number of hydrogen-bond donors (Lipinski definition) is 4. The van der Waals surface area contributed by atoms with Gasteiger partial charge in [-0.2, -0.15) is 0 Å². The molecular formula is C26H26N4O2. The topological polar surface area (TPSA) is 86.4 Å². The number of hydrazine groups is 1. The second-order valence-electron chi connectivity index (χ2n) is 8.33. The summed E-state index contributed by atoms with van der Waals surface area (Å²) < 4.78 is 11.9. The first-order valence-electron chi connectivity index (χ1n) is 11.1. The minimum atomic E-state index is 0.271. The Hall–Kier alpha value is -3.16. The first-order valence-corrected chi connectivity index (χ1v) is 11.1. The van der Waals surface area contributed by atoms with Crippen molar-refractivity contribution in [2.75, 3.05) is 19.9 Å². The Kier molecular flexibility index (Phi) is 5.13. The van der Waals surface area contributed by atoms with E-state index in [1.807, 2.05) is 12.1 Å². The van der Waals surface area contributed by atoms with E-state index in [9.17, 15) is 0 Å². The van der Waals surface area contributed by atoms with Crippen LogP contribution in [0.4, 0.5) is 0 Å². The van der Waals surface area contributed by atoms with Gasteiger partial charge < -0.3 is 9.47 Å². The summed E-state index contributed by atoms with van der Waals surface area (Å²) in [6, 6.07) is 25.5. The lowest BCUT2D eigenvalue weighted by molar-refractivity contribution is 0.248. The van der Waals surface area contributed by atoms with E-state index in [4.69, 9.17) is 9.47 Å². The minimum absolute atomic E-state index is 0.271. The first-order chi connectivity index (χ1) is 15.8. The molecule has 4 aromatic rings. The highest BCUT2D eigenvalue weighted by atomic mass is 16.5. The van der Waals surface area contributed by atoms with Crippen molar-refractivity contribution in [1.29, 1.82) is 0 Å². The van der Waals surface area contributed by atoms with Gasteiger partial charge in [0.15, 0.2) is 0 Å². The Morgan fingerprint density at radius 3 is 1.59 bits per heavy atom. The molecule has 2 saturated heterocycles. The Morgan fingerprint density at radius 2 is 1.09 bits per heavy atom. The zero-order valence-electron chi connectivity index (χ0n) is 17.7. The van der Waals surface area contributed by atoms with Crippen LogP contribution in [-0.2, 0) is 0 Å². The van der Waals surface area contributed by atoms with Crippen molar-refractivity contribution in [1.82, 2.24) is 21.5 Å². The van der Waals surface area contributed by atoms with E-state index in [1.165, 1.54) is 32.7 Å². The molecular weight excluding hydrogens is 400 g/mol. The van der Waals surface area contributed by atoms with Gasteiger partial charge in [0.25, 0.3) is 0 Å². The van der Waals surface area contributed by atoms with Crippen molar-refractivity contribution < 1.29 is 9.47 Å². The Balaban J connectivity index is 1.01. The molecule has 0 atom stereocenters. The number of rotatable bonds is 8. The van der Waals surface area contributed by atoms with Crippen molar-refractivity contribution in [2.45, 2.75) is 18.8 Å². The fourth-order valence-corrected chi connectivity index (χ4v) is 4.11. The summed E-state index contributed by atoms with van der Waals surface area (Å²) in [5.41, 5.74) is 8.73. The summed E-state index contributed by atoms with van der Waals surface area (Å²) in [6.07, 6.45) is 1.39. The van der Waals surface area contributed by atoms with Gasteiger partial charge in [-0.25, -0.2) is 10.9 Å². The van der Waals surface area contributed by atoms with Gasteiger partial charge in [-0.1, -0.05) is 36.4 Å². The molecule has 0 radical (unpaired) electrons. The summed E-state index contributed by atoms with van der Waals surface area (Å²) in [7, 11) is 0. The molecule has 0 aromatic heterocycles. The summed E-state index contributed by atoms with van der Waals surface area (Å²) >= 11 is 0. The van der Waals surface area contributed by atoms with Crippen LogP contribution < -0.4 is 31.0 Å². The average molecular weight is 427 g/mol. The van der Waals surface area contributed by atoms with E-state index >= 15 is 0 Å². The number of fused-ring (bicyclic) bond motifs is 2. The lowest BCUT2D eigenvalue weighted by Crippen LogP contribution is -2.51. The summed E-state index contributed by atoms with van der Waals surface area (Å²) in [4.78, 5) is 0. The molecule has 6 heteroatoms. The molecule has 162 valence electrons. The van der Waals surface area contributed by atoms with Crippen molar-refractivity contribution in [3.05, 3.63) is 83.9 Å². The normalized spacial score (nSPS) is 16.2. The van der Waals surface area contributed by atoms with Gasteiger partial charge in [0.05, 0.1) is 19.4 Å². The van der Waals surface area contributed by atoms with Gasteiger partial charge in [-0.05, 0) is 69.1 Å². The number of ether oxygens (including phenoxy) is 2. The first kappa shape index (κ1) is 19.5. The molecule has 6 rings (SSSR count). The van der Waals surface area contributed by atoms with Crippen molar-refractivity contribution in [3.8, 4) is 11.5 Å². The van der Waals surface area contributed by atoms with E-state index in [2.05, 4.69) is 82.1 Å². The maximum absolute atomic E-state index is 5.96. The van der Waals surface area contributed by atoms with E-state index in [-0.39, 0.29) is 12.3 Å². The van der Waals surface area contributed by atoms with Gasteiger partial charge >= 0.3 is 0 Å². The molecule has 6 nitrogen and oxygen atoms in total. The molecule has 2 heterocycles. The minimum Gasteiger partial charge on any atom is -0.493 e. The Morgan fingerprint density at radius 1 is 0.594 bits per heavy atom. The monoisotopic (exact) mass is 426 g/mol. The van der Waals surface area contributed by atoms with E-state index in [0.717, 1.165) is 24.6 Å². The molecule has 32 heavy (non-hydrogen) atoms. The lowest BCUT2D eigenvalue weighted by Gasteiger charge is -2.30. The van der Waals surface area contributed by atoms with Gasteiger partial charge in [0, 0.05) is 13.1 Å². The third kappa shape index (κ3) is 4.13. The quantitative estimate of drug-likeness (QED) is 0.251. The summed E-state index contributed by atoms with van der Waals surface area (Å²) in [5.74, 6) is 1.79. The van der Waals surface area contributed by atoms with Crippen molar-refractivity contribution in [2.24, 2.45) is 0 Å². The average Bonchev–Trinajstić information content (AvgIpc) is 3.63. The molecule has 0 spiro atoms. The zero-order valence-corrected chi connectivity index (χ0v) is 17.7. The molecule has 2 aliphatic heterocycles. The summed E-state index contributed by atoms with van der Waals surface area (Å²) in [5, 5.41) is 11.5. The molecule has 4 N–H and O–H groups in total. The highest BCUT2D eigenvalue weighted by Gasteiger charge is 2.21. The van der Waals surface area contributed by atoms with Crippen LogP contribution in [0.15, 0.2) is 72.8 Å². The number of nitrogens with one attached hydrogen (secondary N) is 4. The van der Waals surface area contributed by atoms with Crippen LogP contribution in [0.1, 0.15) is 29.9 Å². The lowest BCUT2D eigenvalue weighted by atomic mass is 10.0. The second kappa shape index (κ2) is 8.41. The molecule has 4 aromatic carbocycles. The van der Waals surface area contributed by atoms with Crippen LogP contribution in [0.3, 0.4) is 0 Å². The van der Waals surface area contributed by atoms with Crippen LogP contribution in [-0.4, -0.2) is 19.9 Å². The predicted octanol–water partition coefficient (Wildman–Crippen LogP) is 4.10. The van der Waals surface area contributed by atoms with Gasteiger partial charge in [-0.15, -0.1) is 0 Å². The van der Waals surface area contributed by atoms with Crippen LogP contribution >= 0.6 is 0 Å². The maximum atomic E-state index is 5.96. The molecule has 0 bridgehead atoms. The van der Waals surface area contributed by atoms with Crippen LogP contribution in [0.2, 0.25) is 0 Å². The highest BCUT2D eigenvalue weighted by Crippen LogP contribution is 2.27. The molecule has 0 amide bonds. The molecule has 2 aliphatic rings.